The number of rotatable bonds is 7. The highest BCUT2D eigenvalue weighted by molar-refractivity contribution is 6.33. The van der Waals surface area contributed by atoms with E-state index < -0.39 is 11.9 Å². The average Bonchev–Trinajstić information content (AvgIpc) is 2.89. The van der Waals surface area contributed by atoms with Crippen LogP contribution in [0.15, 0.2) is 79.0 Å². The second-order valence-electron chi connectivity index (χ2n) is 8.59. The van der Waals surface area contributed by atoms with E-state index in [4.69, 9.17) is 32.7 Å². The molecule has 1 aliphatic rings. The highest BCUT2D eigenvalue weighted by Crippen LogP contribution is 2.42. The minimum Gasteiger partial charge on any atom is -0.493 e. The van der Waals surface area contributed by atoms with Crippen LogP contribution in [-0.4, -0.2) is 28.4 Å². The standard InChI is InChI=1S/C29H21Cl2NO5/c30-24-4-2-1-3-21(24)18-9-11-32-19(13-18)14-26(33)17-5-7-20(8-6-17)37-28-16-27-23(15-25(28)31)22(29(34)35)10-12-36-27/h1-9,11,13,15-16,22H,10,12,14H2,(H,34,35). The number of halogens is 2. The summed E-state index contributed by atoms with van der Waals surface area (Å²) in [6.45, 7) is 0.304. The SMILES string of the molecule is O=C(Cc1cc(-c2ccccc2Cl)ccn1)c1ccc(Oc2cc3c(cc2Cl)C(C(=O)O)CCO3)cc1. The lowest BCUT2D eigenvalue weighted by Gasteiger charge is -2.24. The number of hydrogen-bond acceptors (Lipinski definition) is 5. The maximum atomic E-state index is 12.9. The van der Waals surface area contributed by atoms with E-state index in [2.05, 4.69) is 4.98 Å². The Balaban J connectivity index is 1.29. The number of ether oxygens (including phenoxy) is 2. The maximum Gasteiger partial charge on any atom is 0.311 e. The third-order valence-corrected chi connectivity index (χ3v) is 6.77. The summed E-state index contributed by atoms with van der Waals surface area (Å²) >= 11 is 12.7. The van der Waals surface area contributed by atoms with Gasteiger partial charge in [-0.15, -0.1) is 0 Å². The molecule has 0 fully saturated rings. The zero-order valence-corrected chi connectivity index (χ0v) is 21.0. The van der Waals surface area contributed by atoms with Gasteiger partial charge in [0.2, 0.25) is 0 Å². The van der Waals surface area contributed by atoms with Crippen molar-refractivity contribution in [2.24, 2.45) is 0 Å². The van der Waals surface area contributed by atoms with Crippen molar-refractivity contribution in [3.8, 4) is 28.4 Å². The molecule has 0 saturated heterocycles. The number of carbonyl (C=O) groups excluding carboxylic acids is 1. The van der Waals surface area contributed by atoms with Gasteiger partial charge in [-0.1, -0.05) is 41.4 Å². The monoisotopic (exact) mass is 533 g/mol. The first kappa shape index (κ1) is 24.8. The largest absolute Gasteiger partial charge is 0.493 e. The van der Waals surface area contributed by atoms with Gasteiger partial charge in [0.25, 0.3) is 0 Å². The highest BCUT2D eigenvalue weighted by atomic mass is 35.5. The summed E-state index contributed by atoms with van der Waals surface area (Å²) in [7, 11) is 0. The normalized spacial score (nSPS) is 14.4. The van der Waals surface area contributed by atoms with E-state index in [1.807, 2.05) is 36.4 Å². The molecule has 5 rings (SSSR count). The number of carboxylic acid groups (broad SMARTS) is 1. The zero-order valence-electron chi connectivity index (χ0n) is 19.5. The molecule has 0 radical (unpaired) electrons. The van der Waals surface area contributed by atoms with Crippen molar-refractivity contribution in [1.82, 2.24) is 4.98 Å². The van der Waals surface area contributed by atoms with E-state index in [0.717, 1.165) is 11.1 Å². The smallest absolute Gasteiger partial charge is 0.311 e. The van der Waals surface area contributed by atoms with Crippen LogP contribution in [0.1, 0.15) is 34.0 Å². The molecule has 1 aliphatic heterocycles. The number of carboxylic acids is 1. The summed E-state index contributed by atoms with van der Waals surface area (Å²) in [5.41, 5.74) is 3.47. The highest BCUT2D eigenvalue weighted by Gasteiger charge is 2.29. The van der Waals surface area contributed by atoms with Gasteiger partial charge in [-0.05, 0) is 60.5 Å². The first-order valence-electron chi connectivity index (χ1n) is 11.6. The third kappa shape index (κ3) is 5.45. The summed E-state index contributed by atoms with van der Waals surface area (Å²) < 4.78 is 11.5. The van der Waals surface area contributed by atoms with Gasteiger partial charge in [0.05, 0.1) is 24.0 Å². The second-order valence-corrected chi connectivity index (χ2v) is 9.40. The van der Waals surface area contributed by atoms with E-state index >= 15 is 0 Å². The summed E-state index contributed by atoms with van der Waals surface area (Å²) in [6, 6.07) is 21.1. The van der Waals surface area contributed by atoms with Crippen LogP contribution in [0.5, 0.6) is 17.2 Å². The Labute approximate surface area is 223 Å². The van der Waals surface area contributed by atoms with Gasteiger partial charge in [-0.25, -0.2) is 0 Å². The van der Waals surface area contributed by atoms with Crippen molar-refractivity contribution < 1.29 is 24.2 Å². The van der Waals surface area contributed by atoms with E-state index in [1.165, 1.54) is 0 Å². The van der Waals surface area contributed by atoms with Crippen LogP contribution in [0.3, 0.4) is 0 Å². The van der Waals surface area contributed by atoms with Crippen molar-refractivity contribution in [3.05, 3.63) is 106 Å². The van der Waals surface area contributed by atoms with E-state index in [9.17, 15) is 14.7 Å². The van der Waals surface area contributed by atoms with Crippen LogP contribution in [0.25, 0.3) is 11.1 Å². The summed E-state index contributed by atoms with van der Waals surface area (Å²) in [6.07, 6.45) is 2.19. The number of carbonyl (C=O) groups is 2. The molecule has 0 amide bonds. The second kappa shape index (κ2) is 10.6. The first-order valence-corrected chi connectivity index (χ1v) is 12.3. The molecule has 0 bridgehead atoms. The Kier molecular flexibility index (Phi) is 7.12. The van der Waals surface area contributed by atoms with Crippen LogP contribution < -0.4 is 9.47 Å². The van der Waals surface area contributed by atoms with Gasteiger partial charge < -0.3 is 14.6 Å². The van der Waals surface area contributed by atoms with Gasteiger partial charge in [0.15, 0.2) is 5.78 Å². The number of nitrogens with zero attached hydrogens (tertiary/aromatic N) is 1. The van der Waals surface area contributed by atoms with E-state index in [-0.39, 0.29) is 17.2 Å². The Bertz CT molecular complexity index is 1490. The Morgan fingerprint density at radius 2 is 1.78 bits per heavy atom. The first-order chi connectivity index (χ1) is 17.9. The molecule has 1 atom stereocenters. The molecule has 0 saturated carbocycles. The van der Waals surface area contributed by atoms with Crippen LogP contribution in [0.2, 0.25) is 10.0 Å². The van der Waals surface area contributed by atoms with Crippen LogP contribution >= 0.6 is 23.2 Å². The molecule has 3 aromatic carbocycles. The number of fused-ring (bicyclic) bond motifs is 1. The number of hydrogen-bond donors (Lipinski definition) is 1. The van der Waals surface area contributed by atoms with Crippen molar-refractivity contribution in [2.45, 2.75) is 18.8 Å². The van der Waals surface area contributed by atoms with Crippen LogP contribution in [-0.2, 0) is 11.2 Å². The van der Waals surface area contributed by atoms with Crippen molar-refractivity contribution >= 4 is 35.0 Å². The Morgan fingerprint density at radius 3 is 2.54 bits per heavy atom. The lowest BCUT2D eigenvalue weighted by Crippen LogP contribution is -2.20. The van der Waals surface area contributed by atoms with Gasteiger partial charge >= 0.3 is 5.97 Å². The molecule has 2 heterocycles. The fraction of sp³-hybridized carbons (Fsp3) is 0.138. The Hall–Kier alpha value is -3.87. The van der Waals surface area contributed by atoms with Crippen molar-refractivity contribution in [2.75, 3.05) is 6.61 Å². The number of Topliss-reactive ketones (excluding diaryl/α,β-unsaturated/α-hetero) is 1. The van der Waals surface area contributed by atoms with Crippen LogP contribution in [0, 0.1) is 0 Å². The van der Waals surface area contributed by atoms with Gasteiger partial charge in [0.1, 0.15) is 17.2 Å². The molecule has 0 spiro atoms. The average molecular weight is 534 g/mol. The molecule has 0 aliphatic carbocycles. The summed E-state index contributed by atoms with van der Waals surface area (Å²) in [5.74, 6) is -0.415. The molecular weight excluding hydrogens is 513 g/mol. The molecule has 37 heavy (non-hydrogen) atoms. The summed E-state index contributed by atoms with van der Waals surface area (Å²) in [5, 5.41) is 10.4. The summed E-state index contributed by atoms with van der Waals surface area (Å²) in [4.78, 5) is 28.8. The van der Waals surface area contributed by atoms with Gasteiger partial charge in [0, 0.05) is 39.7 Å². The maximum absolute atomic E-state index is 12.9. The van der Waals surface area contributed by atoms with E-state index in [0.29, 0.717) is 52.1 Å². The quantitative estimate of drug-likeness (QED) is 0.252. The van der Waals surface area contributed by atoms with Crippen LogP contribution in [0.4, 0.5) is 0 Å². The molecule has 1 aromatic heterocycles. The number of aliphatic carboxylic acids is 1. The molecule has 6 nitrogen and oxygen atoms in total. The number of pyridine rings is 1. The lowest BCUT2D eigenvalue weighted by atomic mass is 9.93. The lowest BCUT2D eigenvalue weighted by molar-refractivity contribution is -0.139. The van der Waals surface area contributed by atoms with Gasteiger partial charge in [-0.2, -0.15) is 0 Å². The number of benzene rings is 3. The molecule has 8 heteroatoms. The van der Waals surface area contributed by atoms with Crippen molar-refractivity contribution in [3.63, 3.8) is 0 Å². The fourth-order valence-corrected chi connectivity index (χ4v) is 4.72. The van der Waals surface area contributed by atoms with Crippen molar-refractivity contribution in [1.29, 1.82) is 0 Å². The molecule has 1 unspecified atom stereocenters. The minimum atomic E-state index is -0.916. The van der Waals surface area contributed by atoms with Gasteiger partial charge in [-0.3, -0.25) is 14.6 Å². The zero-order chi connectivity index (χ0) is 25.9. The number of ketones is 1. The fourth-order valence-electron chi connectivity index (χ4n) is 4.26. The number of aromatic nitrogens is 1. The third-order valence-electron chi connectivity index (χ3n) is 6.15. The predicted octanol–water partition coefficient (Wildman–Crippen LogP) is 7.22. The molecule has 186 valence electrons. The molecular formula is C29H21Cl2NO5. The topological polar surface area (TPSA) is 85.7 Å². The van der Waals surface area contributed by atoms with E-state index in [1.54, 1.807) is 42.6 Å². The molecule has 4 aromatic rings. The Morgan fingerprint density at radius 1 is 1.00 bits per heavy atom. The predicted molar refractivity (Wildman–Crippen MR) is 141 cm³/mol. The molecule has 1 N–H and O–H groups in total. The minimum absolute atomic E-state index is 0.0877.